The molecule has 5 saturated carbocycles. The number of hydrogen-bond donors (Lipinski definition) is 13. The summed E-state index contributed by atoms with van der Waals surface area (Å²) in [7, 11) is 0. The number of hydrogen-bond acceptors (Lipinski definition) is 22. The van der Waals surface area contributed by atoms with Crippen molar-refractivity contribution in [3.05, 3.63) is 0 Å². The topological polar surface area (TPSA) is 346 Å². The smallest absolute Gasteiger partial charge is 0.187 e. The molecular formula is C53H88O22. The van der Waals surface area contributed by atoms with Gasteiger partial charge in [0.15, 0.2) is 31.5 Å². The van der Waals surface area contributed by atoms with Gasteiger partial charge in [0.1, 0.15) is 85.5 Å². The Kier molecular flexibility index (Phi) is 15.2. The second-order valence-corrected chi connectivity index (χ2v) is 26.7. The average molecular weight is 1080 g/mol. The number of aliphatic hydroxyl groups is 13. The third-order valence-electron chi connectivity index (χ3n) is 22.3. The van der Waals surface area contributed by atoms with E-state index >= 15 is 0 Å². The monoisotopic (exact) mass is 1080 g/mol. The predicted molar refractivity (Wildman–Crippen MR) is 256 cm³/mol. The van der Waals surface area contributed by atoms with Crippen LogP contribution in [0.15, 0.2) is 0 Å². The fraction of sp³-hybridized carbons (Fsp3) is 1.00. The van der Waals surface area contributed by atoms with E-state index in [4.69, 9.17) is 42.6 Å². The van der Waals surface area contributed by atoms with E-state index in [1.54, 1.807) is 0 Å². The molecule has 5 heterocycles. The Hall–Kier alpha value is -0.880. The number of fused-ring (bicyclic) bond motifs is 4. The van der Waals surface area contributed by atoms with E-state index in [-0.39, 0.29) is 34.0 Å². The first-order valence-electron chi connectivity index (χ1n) is 27.7. The summed E-state index contributed by atoms with van der Waals surface area (Å²) in [5.41, 5.74) is -2.62. The highest BCUT2D eigenvalue weighted by Crippen LogP contribution is 2.81. The van der Waals surface area contributed by atoms with Crippen LogP contribution in [-0.4, -0.2) is 227 Å². The molecule has 0 aromatic carbocycles. The van der Waals surface area contributed by atoms with Crippen molar-refractivity contribution in [2.45, 2.75) is 260 Å². The van der Waals surface area contributed by atoms with Gasteiger partial charge in [0, 0.05) is 11.3 Å². The van der Waals surface area contributed by atoms with Crippen LogP contribution in [-0.2, 0) is 42.6 Å². The molecule has 22 nitrogen and oxygen atoms in total. The van der Waals surface area contributed by atoms with Gasteiger partial charge in [-0.2, -0.15) is 0 Å². The molecule has 10 aliphatic rings. The fourth-order valence-corrected chi connectivity index (χ4v) is 17.7. The fourth-order valence-electron chi connectivity index (χ4n) is 17.7. The Labute approximate surface area is 438 Å². The summed E-state index contributed by atoms with van der Waals surface area (Å²) in [6.45, 7) is 15.5. The highest BCUT2D eigenvalue weighted by Gasteiger charge is 2.82. The molecule has 0 aromatic rings. The van der Waals surface area contributed by atoms with Gasteiger partial charge in [0.2, 0.25) is 0 Å². The Bertz CT molecular complexity index is 2030. The quantitative estimate of drug-likeness (QED) is 0.112. The second kappa shape index (κ2) is 19.9. The van der Waals surface area contributed by atoms with E-state index in [1.807, 2.05) is 0 Å². The molecule has 22 heteroatoms. The van der Waals surface area contributed by atoms with E-state index in [0.29, 0.717) is 12.8 Å². The summed E-state index contributed by atoms with van der Waals surface area (Å²) in [5.74, 6) is 0.376. The van der Waals surface area contributed by atoms with Crippen LogP contribution in [0.5, 0.6) is 0 Å². The molecule has 5 saturated heterocycles. The molecule has 3 unspecified atom stereocenters. The molecule has 0 amide bonds. The summed E-state index contributed by atoms with van der Waals surface area (Å²) >= 11 is 0. The third kappa shape index (κ3) is 8.54. The molecule has 10 rings (SSSR count). The van der Waals surface area contributed by atoms with Crippen molar-refractivity contribution < 1.29 is 109 Å². The number of ether oxygens (including phenoxy) is 9. The zero-order valence-corrected chi connectivity index (χ0v) is 44.6. The maximum Gasteiger partial charge on any atom is 0.187 e. The maximum atomic E-state index is 12.4. The summed E-state index contributed by atoms with van der Waals surface area (Å²) in [6, 6.07) is 0. The summed E-state index contributed by atoms with van der Waals surface area (Å²) in [6.07, 6.45) is -25.6. The standard InChI is InChI=1S/C53H88O22/c1-22-31(57)35(61)38(64)42(68-22)74-41-37(63)33(59)24(20-55)70-45(41)71-25-21-67-44(40(34(25)60)73-43-39(65)36(62)32(58)23(19-54)69-43)72-30-11-12-49(6)26(48(30,4)5)9-13-50(7)27(49)10-14-53-28-17-47(2,3)15-16-52(28,46(66)75-53)29(56)18-51(50,53)8/h22-46,54-66H,9-21H2,1-8H3/t22-,23+,24+,25-,26?,27+,28?,29+,30-,31-,32+,33+,34-,35+,36-,37-,38+,39+,40+,41+,42-,43-,44-,45-,46?,49-,50+,51-,52+,53-/m0/s1. The van der Waals surface area contributed by atoms with Crippen LogP contribution in [0.4, 0.5) is 0 Å². The number of aliphatic hydroxyl groups excluding tert-OH is 13. The van der Waals surface area contributed by atoms with Crippen molar-refractivity contribution in [1.82, 2.24) is 0 Å². The molecule has 13 N–H and O–H groups in total. The van der Waals surface area contributed by atoms with Gasteiger partial charge in [-0.05, 0) is 105 Å². The van der Waals surface area contributed by atoms with Crippen LogP contribution in [0.1, 0.15) is 120 Å². The Morgan fingerprint density at radius 3 is 1.75 bits per heavy atom. The van der Waals surface area contributed by atoms with Crippen molar-refractivity contribution in [3.8, 4) is 0 Å². The highest BCUT2D eigenvalue weighted by molar-refractivity contribution is 5.29. The van der Waals surface area contributed by atoms with Crippen LogP contribution >= 0.6 is 0 Å². The lowest BCUT2D eigenvalue weighted by Crippen LogP contribution is -2.74. The van der Waals surface area contributed by atoms with Crippen LogP contribution in [0.3, 0.4) is 0 Å². The van der Waals surface area contributed by atoms with E-state index in [2.05, 4.69) is 48.5 Å². The van der Waals surface area contributed by atoms with Gasteiger partial charge in [-0.15, -0.1) is 0 Å². The van der Waals surface area contributed by atoms with Crippen LogP contribution < -0.4 is 0 Å². The Balaban J connectivity index is 0.905. The lowest BCUT2D eigenvalue weighted by Gasteiger charge is -2.75. The second-order valence-electron chi connectivity index (χ2n) is 26.7. The van der Waals surface area contributed by atoms with Gasteiger partial charge >= 0.3 is 0 Å². The predicted octanol–water partition coefficient (Wildman–Crippen LogP) is -1.37. The first-order valence-corrected chi connectivity index (χ1v) is 27.7. The van der Waals surface area contributed by atoms with E-state index < -0.39 is 177 Å². The summed E-state index contributed by atoms with van der Waals surface area (Å²) in [4.78, 5) is 0. The Morgan fingerprint density at radius 2 is 1.09 bits per heavy atom. The van der Waals surface area contributed by atoms with Crippen molar-refractivity contribution in [2.75, 3.05) is 19.8 Å². The first kappa shape index (κ1) is 57.4. The van der Waals surface area contributed by atoms with E-state index in [0.717, 1.165) is 51.4 Å². The van der Waals surface area contributed by atoms with Gasteiger partial charge in [-0.25, -0.2) is 0 Å². The highest BCUT2D eigenvalue weighted by atomic mass is 16.8. The zero-order chi connectivity index (χ0) is 54.5. The van der Waals surface area contributed by atoms with Gasteiger partial charge in [-0.1, -0.05) is 48.5 Å². The van der Waals surface area contributed by atoms with Gasteiger partial charge in [-0.3, -0.25) is 0 Å². The van der Waals surface area contributed by atoms with Gasteiger partial charge < -0.3 is 109 Å². The minimum Gasteiger partial charge on any atom is -0.394 e. The van der Waals surface area contributed by atoms with E-state index in [1.165, 1.54) is 6.92 Å². The summed E-state index contributed by atoms with van der Waals surface area (Å²) < 4.78 is 56.1. The maximum absolute atomic E-state index is 12.4. The SMILES string of the molecule is C[C@@H]1O[C@@H](O[C@H]2[C@H](O[C@H]3CO[C@@H](O[C@H]4CC[C@@]5(C)C(CC[C@]6(C)[C@@H]5CC[C@]57OC(O)[C@@]8(CCC(C)(C)CC85)[C@H](O)C[C@]76C)C4(C)C)[C@H](O[C@@H]4O[C@H](CO)[C@@H](O)[C@H](O)[C@H]4O)[C@H]3O)O[C@H](CO)[C@@H](O)[C@@H]2O)[C@H](O)[C@H](O)[C@H]1O. The molecular weight excluding hydrogens is 989 g/mol. The number of rotatable bonds is 10. The van der Waals surface area contributed by atoms with E-state index in [9.17, 15) is 66.4 Å². The third-order valence-corrected chi connectivity index (χ3v) is 22.3. The first-order chi connectivity index (χ1) is 35.1. The summed E-state index contributed by atoms with van der Waals surface area (Å²) in [5, 5.41) is 143. The molecule has 5 aliphatic carbocycles. The molecule has 0 radical (unpaired) electrons. The zero-order valence-electron chi connectivity index (χ0n) is 44.6. The molecule has 5 aliphatic heterocycles. The van der Waals surface area contributed by atoms with Crippen LogP contribution in [0.25, 0.3) is 0 Å². The van der Waals surface area contributed by atoms with Crippen molar-refractivity contribution in [2.24, 2.45) is 50.2 Å². The average Bonchev–Trinajstić information content (AvgIpc) is 3.59. The molecule has 10 fully saturated rings. The lowest BCUT2D eigenvalue weighted by atomic mass is 9.30. The molecule has 432 valence electrons. The van der Waals surface area contributed by atoms with Gasteiger partial charge in [0.05, 0.1) is 49.1 Å². The van der Waals surface area contributed by atoms with Crippen molar-refractivity contribution in [3.63, 3.8) is 0 Å². The van der Waals surface area contributed by atoms with Crippen molar-refractivity contribution in [1.29, 1.82) is 0 Å². The molecule has 1 spiro atoms. The largest absolute Gasteiger partial charge is 0.394 e. The van der Waals surface area contributed by atoms with Gasteiger partial charge in [0.25, 0.3) is 0 Å². The van der Waals surface area contributed by atoms with Crippen LogP contribution in [0, 0.1) is 50.2 Å². The minimum atomic E-state index is -1.89. The molecule has 2 bridgehead atoms. The lowest BCUT2D eigenvalue weighted by molar-refractivity contribution is -0.394. The normalized spacial score (nSPS) is 58.3. The molecule has 30 atom stereocenters. The van der Waals surface area contributed by atoms with Crippen LogP contribution in [0.2, 0.25) is 0 Å². The molecule has 0 aromatic heterocycles. The minimum absolute atomic E-state index is 0.0252. The Morgan fingerprint density at radius 1 is 0.507 bits per heavy atom. The van der Waals surface area contributed by atoms with Crippen molar-refractivity contribution >= 4 is 0 Å². The molecule has 75 heavy (non-hydrogen) atoms.